The normalized spacial score (nSPS) is 11.8. The molecule has 0 unspecified atom stereocenters. The monoisotopic (exact) mass is 415 g/mol. The number of fused-ring (bicyclic) bond motifs is 1. The van der Waals surface area contributed by atoms with Gasteiger partial charge >= 0.3 is 0 Å². The summed E-state index contributed by atoms with van der Waals surface area (Å²) >= 11 is 0. The van der Waals surface area contributed by atoms with Crippen molar-refractivity contribution in [3.05, 3.63) is 89.7 Å². The Balaban J connectivity index is 1.52. The second kappa shape index (κ2) is 9.34. The number of aryl methyl sites for hydroxylation is 1. The van der Waals surface area contributed by atoms with Gasteiger partial charge in [0.15, 0.2) is 0 Å². The lowest BCUT2D eigenvalue weighted by Gasteiger charge is -2.20. The fraction of sp³-hybridized carbons (Fsp3) is 0.200. The molecule has 2 N–H and O–H groups in total. The molecule has 0 aliphatic carbocycles. The highest BCUT2D eigenvalue weighted by molar-refractivity contribution is 5.79. The smallest absolute Gasteiger partial charge is 0.221 e. The number of hydrogen-bond acceptors (Lipinski definition) is 4. The molecule has 1 amide bonds. The zero-order chi connectivity index (χ0) is 21.6. The molecule has 0 saturated carbocycles. The second-order valence-corrected chi connectivity index (χ2v) is 7.31. The Labute approximate surface area is 181 Å². The fourth-order valence-corrected chi connectivity index (χ4v) is 3.64. The van der Waals surface area contributed by atoms with Crippen molar-refractivity contribution in [1.29, 1.82) is 0 Å². The summed E-state index contributed by atoms with van der Waals surface area (Å²) < 4.78 is 10.6. The summed E-state index contributed by atoms with van der Waals surface area (Å²) in [5.74, 6) is 1.40. The molecule has 1 aromatic heterocycles. The van der Waals surface area contributed by atoms with E-state index in [2.05, 4.69) is 15.3 Å². The van der Waals surface area contributed by atoms with Gasteiger partial charge in [-0.15, -0.1) is 0 Å². The predicted octanol–water partition coefficient (Wildman–Crippen LogP) is 4.42. The van der Waals surface area contributed by atoms with E-state index in [-0.39, 0.29) is 11.9 Å². The number of ether oxygens (including phenoxy) is 2. The fourth-order valence-electron chi connectivity index (χ4n) is 3.64. The number of nitrogens with one attached hydrogen (secondary N) is 2. The van der Waals surface area contributed by atoms with E-state index in [1.54, 1.807) is 20.5 Å². The molecule has 0 radical (unpaired) electrons. The van der Waals surface area contributed by atoms with E-state index in [4.69, 9.17) is 9.47 Å². The van der Waals surface area contributed by atoms with E-state index in [0.29, 0.717) is 24.3 Å². The van der Waals surface area contributed by atoms with E-state index in [9.17, 15) is 4.79 Å². The van der Waals surface area contributed by atoms with Gasteiger partial charge in [-0.2, -0.15) is 0 Å². The van der Waals surface area contributed by atoms with Crippen LogP contribution in [-0.2, 0) is 11.2 Å². The maximum absolute atomic E-state index is 12.9. The molecule has 3 aromatic carbocycles. The molecular weight excluding hydrogens is 390 g/mol. The number of aromatic nitrogens is 2. The quantitative estimate of drug-likeness (QED) is 0.447. The molecule has 6 nitrogen and oxygen atoms in total. The van der Waals surface area contributed by atoms with Crippen molar-refractivity contribution < 1.29 is 14.3 Å². The third kappa shape index (κ3) is 4.86. The molecule has 31 heavy (non-hydrogen) atoms. The van der Waals surface area contributed by atoms with Gasteiger partial charge in [-0.05, 0) is 47.4 Å². The molecule has 0 fully saturated rings. The van der Waals surface area contributed by atoms with Crippen LogP contribution in [0.25, 0.3) is 11.0 Å². The number of carbonyl (C=O) groups excluding carboxylic acids is 1. The van der Waals surface area contributed by atoms with E-state index >= 15 is 0 Å². The molecule has 1 heterocycles. The van der Waals surface area contributed by atoms with Crippen LogP contribution in [0.3, 0.4) is 0 Å². The van der Waals surface area contributed by atoms with Gasteiger partial charge in [0.25, 0.3) is 0 Å². The molecule has 4 aromatic rings. The van der Waals surface area contributed by atoms with Gasteiger partial charge in [0.1, 0.15) is 11.5 Å². The highest BCUT2D eigenvalue weighted by Gasteiger charge is 2.18. The minimum atomic E-state index is -0.249. The lowest BCUT2D eigenvalue weighted by Crippen LogP contribution is -2.29. The Morgan fingerprint density at radius 2 is 1.71 bits per heavy atom. The molecule has 1 atom stereocenters. The van der Waals surface area contributed by atoms with Crippen molar-refractivity contribution in [2.45, 2.75) is 18.9 Å². The molecule has 0 aliphatic heterocycles. The first kappa shape index (κ1) is 20.5. The number of hydrogen-bond donors (Lipinski definition) is 2. The Morgan fingerprint density at radius 1 is 0.968 bits per heavy atom. The summed E-state index contributed by atoms with van der Waals surface area (Å²) in [5, 5.41) is 3.20. The number of aromatic amines is 1. The van der Waals surface area contributed by atoms with Crippen LogP contribution in [0.15, 0.2) is 73.1 Å². The average molecular weight is 415 g/mol. The third-order valence-electron chi connectivity index (χ3n) is 5.27. The molecule has 0 bridgehead atoms. The van der Waals surface area contributed by atoms with Gasteiger partial charge in [-0.25, -0.2) is 4.98 Å². The van der Waals surface area contributed by atoms with Gasteiger partial charge in [0, 0.05) is 12.5 Å². The van der Waals surface area contributed by atoms with Crippen molar-refractivity contribution >= 4 is 16.9 Å². The number of nitrogens with zero attached hydrogens (tertiary/aromatic N) is 1. The third-order valence-corrected chi connectivity index (χ3v) is 5.27. The van der Waals surface area contributed by atoms with Crippen LogP contribution >= 0.6 is 0 Å². The van der Waals surface area contributed by atoms with E-state index in [1.165, 1.54) is 0 Å². The van der Waals surface area contributed by atoms with Gasteiger partial charge in [0.05, 0.1) is 37.6 Å². The number of methoxy groups -OCH3 is 2. The first-order chi connectivity index (χ1) is 15.2. The highest BCUT2D eigenvalue weighted by atomic mass is 16.5. The zero-order valence-electron chi connectivity index (χ0n) is 17.6. The Hall–Kier alpha value is -3.80. The van der Waals surface area contributed by atoms with Crippen LogP contribution in [0.1, 0.15) is 29.2 Å². The van der Waals surface area contributed by atoms with Crippen LogP contribution in [0.5, 0.6) is 11.5 Å². The molecule has 4 rings (SSSR count). The largest absolute Gasteiger partial charge is 0.497 e. The molecular formula is C25H25N3O3. The summed E-state index contributed by atoms with van der Waals surface area (Å²) in [5.41, 5.74) is 4.85. The maximum Gasteiger partial charge on any atom is 0.221 e. The van der Waals surface area contributed by atoms with Crippen LogP contribution < -0.4 is 14.8 Å². The number of rotatable bonds is 8. The van der Waals surface area contributed by atoms with Crippen molar-refractivity contribution in [3.8, 4) is 11.5 Å². The topological polar surface area (TPSA) is 76.2 Å². The van der Waals surface area contributed by atoms with Crippen LogP contribution in [-0.4, -0.2) is 30.1 Å². The number of H-pyrrole nitrogens is 1. The number of imidazole rings is 1. The maximum atomic E-state index is 12.9. The summed E-state index contributed by atoms with van der Waals surface area (Å²) in [6, 6.07) is 21.4. The zero-order valence-corrected chi connectivity index (χ0v) is 17.6. The number of carbonyl (C=O) groups is 1. The van der Waals surface area contributed by atoms with E-state index < -0.39 is 0 Å². The Kier molecular flexibility index (Phi) is 6.17. The minimum absolute atomic E-state index is 0.0275. The van der Waals surface area contributed by atoms with Gasteiger partial charge in [-0.1, -0.05) is 36.4 Å². The summed E-state index contributed by atoms with van der Waals surface area (Å²) in [6.07, 6.45) is 2.61. The van der Waals surface area contributed by atoms with Gasteiger partial charge in [0.2, 0.25) is 5.91 Å². The Morgan fingerprint density at radius 3 is 2.42 bits per heavy atom. The van der Waals surface area contributed by atoms with Crippen LogP contribution in [0, 0.1) is 0 Å². The average Bonchev–Trinajstić information content (AvgIpc) is 3.29. The lowest BCUT2D eigenvalue weighted by atomic mass is 9.97. The molecule has 158 valence electrons. The van der Waals surface area contributed by atoms with Crippen molar-refractivity contribution in [2.24, 2.45) is 0 Å². The molecule has 6 heteroatoms. The van der Waals surface area contributed by atoms with Crippen molar-refractivity contribution in [3.63, 3.8) is 0 Å². The summed E-state index contributed by atoms with van der Waals surface area (Å²) in [6.45, 7) is 0. The highest BCUT2D eigenvalue weighted by Crippen LogP contribution is 2.26. The van der Waals surface area contributed by atoms with E-state index in [0.717, 1.165) is 27.7 Å². The first-order valence-corrected chi connectivity index (χ1v) is 10.2. The van der Waals surface area contributed by atoms with E-state index in [1.807, 2.05) is 66.7 Å². The first-order valence-electron chi connectivity index (χ1n) is 10.2. The van der Waals surface area contributed by atoms with Crippen LogP contribution in [0.4, 0.5) is 0 Å². The predicted molar refractivity (Wildman–Crippen MR) is 120 cm³/mol. The molecule has 0 spiro atoms. The van der Waals surface area contributed by atoms with Crippen molar-refractivity contribution in [1.82, 2.24) is 15.3 Å². The minimum Gasteiger partial charge on any atom is -0.497 e. The number of benzene rings is 3. The lowest BCUT2D eigenvalue weighted by molar-refractivity contribution is -0.121. The van der Waals surface area contributed by atoms with Gasteiger partial charge in [-0.3, -0.25) is 4.79 Å². The number of amides is 1. The summed E-state index contributed by atoms with van der Waals surface area (Å²) in [7, 11) is 3.23. The SMILES string of the molecule is COc1cc(CCC(=O)N[C@@H](c2ccccc2)c2ccc3nc[nH]c3c2)cc(OC)c1. The van der Waals surface area contributed by atoms with Gasteiger partial charge < -0.3 is 19.8 Å². The standard InChI is InChI=1S/C25H25N3O3/c1-30-20-12-17(13-21(15-20)31-2)8-11-24(29)28-25(18-6-4-3-5-7-18)19-9-10-22-23(14-19)27-16-26-22/h3-7,9-10,12-16,25H,8,11H2,1-2H3,(H,26,27)(H,28,29)/t25-/m0/s1. The second-order valence-electron chi connectivity index (χ2n) is 7.31. The molecule has 0 aliphatic rings. The Bertz CT molecular complexity index is 1150. The molecule has 0 saturated heterocycles. The van der Waals surface area contributed by atoms with Crippen LogP contribution in [0.2, 0.25) is 0 Å². The van der Waals surface area contributed by atoms with Crippen molar-refractivity contribution in [2.75, 3.05) is 14.2 Å². The summed E-state index contributed by atoms with van der Waals surface area (Å²) in [4.78, 5) is 20.3.